The van der Waals surface area contributed by atoms with Crippen LogP contribution in [0.4, 0.5) is 13.2 Å². The summed E-state index contributed by atoms with van der Waals surface area (Å²) >= 11 is 0. The van der Waals surface area contributed by atoms with E-state index in [1.807, 2.05) is 0 Å². The van der Waals surface area contributed by atoms with E-state index >= 15 is 0 Å². The minimum atomic E-state index is -4.83. The van der Waals surface area contributed by atoms with Crippen LogP contribution in [0, 0.1) is 30.3 Å². The maximum absolute atomic E-state index is 13.5. The van der Waals surface area contributed by atoms with Crippen LogP contribution in [0.2, 0.25) is 0 Å². The molecule has 1 aliphatic heterocycles. The summed E-state index contributed by atoms with van der Waals surface area (Å²) in [6.45, 7) is 1.03. The zero-order valence-corrected chi connectivity index (χ0v) is 18.9. The smallest absolute Gasteiger partial charge is 0.416 e. The number of rotatable bonds is 9. The SMILES string of the molecule is CC1(C)Oc2ccc(C(F)(F)F)cc2C(n2cc(CO[N+](=O)[O-])c(CO[N+](=O)[O-])cc2=O)C1O[N+](=O)[O-]. The number of pyridine rings is 1. The van der Waals surface area contributed by atoms with Gasteiger partial charge in [-0.05, 0) is 43.2 Å². The van der Waals surface area contributed by atoms with Crippen molar-refractivity contribution in [1.29, 1.82) is 0 Å². The summed E-state index contributed by atoms with van der Waals surface area (Å²) in [5, 5.41) is 29.0. The van der Waals surface area contributed by atoms with Gasteiger partial charge in [0.25, 0.3) is 20.8 Å². The third-order valence-electron chi connectivity index (χ3n) is 5.41. The molecule has 0 fully saturated rings. The first-order chi connectivity index (χ1) is 17.1. The van der Waals surface area contributed by atoms with Crippen molar-refractivity contribution in [2.75, 3.05) is 0 Å². The van der Waals surface area contributed by atoms with Gasteiger partial charge in [-0.2, -0.15) is 13.2 Å². The molecule has 2 atom stereocenters. The summed E-state index contributed by atoms with van der Waals surface area (Å²) < 4.78 is 46.8. The maximum atomic E-state index is 13.5. The highest BCUT2D eigenvalue weighted by Gasteiger charge is 2.49. The normalized spacial score (nSPS) is 18.2. The van der Waals surface area contributed by atoms with Crippen LogP contribution in [0.25, 0.3) is 0 Å². The van der Waals surface area contributed by atoms with Gasteiger partial charge in [0, 0.05) is 17.8 Å². The Kier molecular flexibility index (Phi) is 7.13. The Morgan fingerprint density at radius 1 is 1.00 bits per heavy atom. The standard InChI is InChI=1S/C19H17F3N4O11/c1-18(2)17(37-26(32)33)16(13-6-12(19(20,21)22)3-4-14(13)36-18)23-7-11(9-35-25(30)31)10(5-15(23)27)8-34-24(28)29/h3-7,16-17H,8-9H2,1-2H3. The Morgan fingerprint density at radius 2 is 1.59 bits per heavy atom. The number of aromatic nitrogens is 1. The predicted molar refractivity (Wildman–Crippen MR) is 110 cm³/mol. The van der Waals surface area contributed by atoms with Crippen molar-refractivity contribution in [3.05, 3.63) is 93.4 Å². The fourth-order valence-electron chi connectivity index (χ4n) is 3.86. The molecule has 15 nitrogen and oxygen atoms in total. The van der Waals surface area contributed by atoms with Crippen molar-refractivity contribution in [3.63, 3.8) is 0 Å². The number of alkyl halides is 3. The van der Waals surface area contributed by atoms with Gasteiger partial charge in [-0.3, -0.25) is 4.79 Å². The molecule has 0 spiro atoms. The molecule has 0 saturated carbocycles. The highest BCUT2D eigenvalue weighted by atomic mass is 19.4. The van der Waals surface area contributed by atoms with Crippen LogP contribution >= 0.6 is 0 Å². The molecule has 2 aromatic rings. The first-order valence-electron chi connectivity index (χ1n) is 10.1. The molecule has 18 heteroatoms. The molecule has 200 valence electrons. The minimum Gasteiger partial charge on any atom is -0.485 e. The maximum Gasteiger partial charge on any atom is 0.416 e. The topological polar surface area (TPSA) is 188 Å². The number of benzene rings is 1. The highest BCUT2D eigenvalue weighted by Crippen LogP contribution is 2.45. The lowest BCUT2D eigenvalue weighted by molar-refractivity contribution is -0.773. The van der Waals surface area contributed by atoms with Crippen molar-refractivity contribution >= 4 is 0 Å². The molecule has 1 aromatic heterocycles. The third-order valence-corrected chi connectivity index (χ3v) is 5.41. The molecule has 0 radical (unpaired) electrons. The van der Waals surface area contributed by atoms with Crippen LogP contribution in [0.1, 0.15) is 42.1 Å². The first-order valence-corrected chi connectivity index (χ1v) is 10.1. The molecular formula is C19H17F3N4O11. The molecule has 2 heterocycles. The molecular weight excluding hydrogens is 517 g/mol. The molecule has 1 aliphatic rings. The van der Waals surface area contributed by atoms with Crippen molar-refractivity contribution in [3.8, 4) is 5.75 Å². The monoisotopic (exact) mass is 534 g/mol. The Labute approximate surface area is 203 Å². The predicted octanol–water partition coefficient (Wildman–Crippen LogP) is 2.62. The van der Waals surface area contributed by atoms with E-state index in [2.05, 4.69) is 9.68 Å². The van der Waals surface area contributed by atoms with Crippen molar-refractivity contribution in [2.24, 2.45) is 0 Å². The zero-order valence-electron chi connectivity index (χ0n) is 18.9. The molecule has 0 amide bonds. The van der Waals surface area contributed by atoms with E-state index in [0.29, 0.717) is 6.07 Å². The van der Waals surface area contributed by atoms with Crippen LogP contribution in [-0.2, 0) is 33.9 Å². The summed E-state index contributed by atoms with van der Waals surface area (Å²) in [5.41, 5.74) is -4.43. The largest absolute Gasteiger partial charge is 0.485 e. The van der Waals surface area contributed by atoms with Gasteiger partial charge in [0.2, 0.25) is 0 Å². The van der Waals surface area contributed by atoms with Gasteiger partial charge in [0.15, 0.2) is 6.10 Å². The average Bonchev–Trinajstić information content (AvgIpc) is 2.76. The van der Waals surface area contributed by atoms with E-state index in [-0.39, 0.29) is 22.4 Å². The molecule has 0 bridgehead atoms. The summed E-state index contributed by atoms with van der Waals surface area (Å²) in [5.74, 6) is -0.137. The van der Waals surface area contributed by atoms with Gasteiger partial charge >= 0.3 is 6.18 Å². The lowest BCUT2D eigenvalue weighted by Gasteiger charge is -2.44. The van der Waals surface area contributed by atoms with E-state index in [4.69, 9.17) is 9.57 Å². The number of halogens is 3. The Bertz CT molecular complexity index is 1300. The van der Waals surface area contributed by atoms with Crippen molar-refractivity contribution in [1.82, 2.24) is 4.57 Å². The molecule has 37 heavy (non-hydrogen) atoms. The molecule has 0 aliphatic carbocycles. The van der Waals surface area contributed by atoms with Gasteiger partial charge in [0.05, 0.1) is 11.6 Å². The van der Waals surface area contributed by atoms with E-state index in [9.17, 15) is 48.3 Å². The molecule has 3 rings (SSSR count). The van der Waals surface area contributed by atoms with E-state index in [1.165, 1.54) is 13.8 Å². The van der Waals surface area contributed by atoms with Crippen LogP contribution in [0.15, 0.2) is 35.3 Å². The molecule has 1 aromatic carbocycles. The second kappa shape index (κ2) is 9.78. The summed E-state index contributed by atoms with van der Waals surface area (Å²) in [4.78, 5) is 59.0. The Morgan fingerprint density at radius 3 is 2.14 bits per heavy atom. The van der Waals surface area contributed by atoms with Gasteiger partial charge in [-0.1, -0.05) is 0 Å². The van der Waals surface area contributed by atoms with Gasteiger partial charge in [-0.15, -0.1) is 30.3 Å². The Balaban J connectivity index is 2.28. The van der Waals surface area contributed by atoms with E-state index in [0.717, 1.165) is 29.0 Å². The van der Waals surface area contributed by atoms with Gasteiger partial charge < -0.3 is 23.8 Å². The second-order valence-corrected chi connectivity index (χ2v) is 8.21. The summed E-state index contributed by atoms with van der Waals surface area (Å²) in [7, 11) is 0. The van der Waals surface area contributed by atoms with Crippen LogP contribution in [-0.4, -0.2) is 31.5 Å². The van der Waals surface area contributed by atoms with Crippen LogP contribution in [0.3, 0.4) is 0 Å². The fourth-order valence-corrected chi connectivity index (χ4v) is 3.86. The second-order valence-electron chi connectivity index (χ2n) is 8.21. The summed E-state index contributed by atoms with van der Waals surface area (Å²) in [6.07, 6.45) is -5.61. The summed E-state index contributed by atoms with van der Waals surface area (Å²) in [6, 6.07) is 1.50. The van der Waals surface area contributed by atoms with Gasteiger partial charge in [-0.25, -0.2) is 0 Å². The Hall–Kier alpha value is -4.64. The lowest BCUT2D eigenvalue weighted by Crippen LogP contribution is -2.54. The number of hydrogen-bond acceptors (Lipinski definition) is 11. The van der Waals surface area contributed by atoms with Crippen LogP contribution in [0.5, 0.6) is 5.75 Å². The number of fused-ring (bicyclic) bond motifs is 1. The van der Waals surface area contributed by atoms with Gasteiger partial charge in [0.1, 0.15) is 24.6 Å². The van der Waals surface area contributed by atoms with Crippen molar-refractivity contribution < 1.29 is 47.7 Å². The number of hydrogen-bond donors (Lipinski definition) is 0. The fraction of sp³-hybridized carbons (Fsp3) is 0.421. The zero-order chi connectivity index (χ0) is 27.7. The first kappa shape index (κ1) is 27.0. The molecule has 2 unspecified atom stereocenters. The number of nitrogens with zero attached hydrogens (tertiary/aromatic N) is 4. The quantitative estimate of drug-likeness (QED) is 0.340. The average molecular weight is 534 g/mol. The van der Waals surface area contributed by atoms with E-state index < -0.39 is 63.5 Å². The highest BCUT2D eigenvalue weighted by molar-refractivity contribution is 5.44. The number of ether oxygens (including phenoxy) is 1. The van der Waals surface area contributed by atoms with E-state index in [1.54, 1.807) is 0 Å². The lowest BCUT2D eigenvalue weighted by atomic mass is 9.85. The van der Waals surface area contributed by atoms with Crippen molar-refractivity contribution in [2.45, 2.75) is 51.0 Å². The minimum absolute atomic E-state index is 0.137. The molecule has 0 N–H and O–H groups in total. The third kappa shape index (κ3) is 5.96. The van der Waals surface area contributed by atoms with Crippen LogP contribution < -0.4 is 10.3 Å². The molecule has 0 saturated heterocycles.